The number of hydrogen-bond acceptors (Lipinski definition) is 4. The van der Waals surface area contributed by atoms with Crippen molar-refractivity contribution in [2.45, 2.75) is 12.8 Å². The fourth-order valence-electron chi connectivity index (χ4n) is 2.42. The lowest BCUT2D eigenvalue weighted by atomic mass is 10.1. The van der Waals surface area contributed by atoms with Gasteiger partial charge in [-0.3, -0.25) is 0 Å². The molecule has 0 atom stereocenters. The molecule has 118 valence electrons. The Bertz CT molecular complexity index is 751. The van der Waals surface area contributed by atoms with E-state index < -0.39 is 0 Å². The van der Waals surface area contributed by atoms with E-state index in [1.165, 1.54) is 0 Å². The molecule has 0 bridgehead atoms. The van der Waals surface area contributed by atoms with Gasteiger partial charge in [-0.05, 0) is 42.3 Å². The van der Waals surface area contributed by atoms with Crippen molar-refractivity contribution in [3.8, 4) is 11.5 Å². The van der Waals surface area contributed by atoms with Gasteiger partial charge in [-0.15, -0.1) is 0 Å². The van der Waals surface area contributed by atoms with Gasteiger partial charge in [-0.1, -0.05) is 18.2 Å². The third kappa shape index (κ3) is 4.30. The topological polar surface area (TPSA) is 70.5 Å². The predicted octanol–water partition coefficient (Wildman–Crippen LogP) is 3.91. The van der Waals surface area contributed by atoms with Crippen LogP contribution >= 0.6 is 0 Å². The Hall–Kier alpha value is -2.88. The van der Waals surface area contributed by atoms with E-state index in [4.69, 9.17) is 20.9 Å². The zero-order valence-corrected chi connectivity index (χ0v) is 12.9. The zero-order valence-electron chi connectivity index (χ0n) is 12.9. The van der Waals surface area contributed by atoms with Gasteiger partial charge in [-0.25, -0.2) is 0 Å². The third-order valence-electron chi connectivity index (χ3n) is 3.51. The van der Waals surface area contributed by atoms with E-state index in [0.29, 0.717) is 18.0 Å². The monoisotopic (exact) mass is 308 g/mol. The zero-order chi connectivity index (χ0) is 16.1. The molecule has 2 aromatic carbocycles. The molecule has 1 aliphatic rings. The van der Waals surface area contributed by atoms with Crippen molar-refractivity contribution >= 4 is 11.4 Å². The van der Waals surface area contributed by atoms with Crippen LogP contribution in [-0.4, -0.2) is 6.61 Å². The van der Waals surface area contributed by atoms with Crippen molar-refractivity contribution in [1.29, 1.82) is 0 Å². The first-order chi connectivity index (χ1) is 11.2. The van der Waals surface area contributed by atoms with E-state index in [1.54, 1.807) is 0 Å². The first kappa shape index (κ1) is 15.0. The molecule has 4 nitrogen and oxygen atoms in total. The smallest absolute Gasteiger partial charge is 0.128 e. The fraction of sp³-hybridized carbons (Fsp3) is 0.158. The van der Waals surface area contributed by atoms with Crippen LogP contribution in [0.15, 0.2) is 72.0 Å². The second kappa shape index (κ2) is 6.92. The van der Waals surface area contributed by atoms with Gasteiger partial charge >= 0.3 is 0 Å². The van der Waals surface area contributed by atoms with Crippen molar-refractivity contribution in [2.75, 3.05) is 18.1 Å². The molecule has 0 radical (unpaired) electrons. The number of nitrogen functional groups attached to an aromatic ring is 2. The van der Waals surface area contributed by atoms with Gasteiger partial charge in [0.15, 0.2) is 0 Å². The highest BCUT2D eigenvalue weighted by Crippen LogP contribution is 2.24. The van der Waals surface area contributed by atoms with Crippen molar-refractivity contribution in [2.24, 2.45) is 0 Å². The predicted molar refractivity (Wildman–Crippen MR) is 93.2 cm³/mol. The van der Waals surface area contributed by atoms with Crippen molar-refractivity contribution < 1.29 is 9.47 Å². The minimum atomic E-state index is 0.493. The number of nitrogens with two attached hydrogens (primary N) is 2. The first-order valence-electron chi connectivity index (χ1n) is 7.60. The largest absolute Gasteiger partial charge is 0.489 e. The number of hydrogen-bond donors (Lipinski definition) is 2. The Morgan fingerprint density at radius 3 is 2.35 bits per heavy atom. The lowest BCUT2D eigenvalue weighted by Gasteiger charge is -2.16. The van der Waals surface area contributed by atoms with Crippen molar-refractivity contribution in [1.82, 2.24) is 0 Å². The maximum atomic E-state index is 5.90. The molecule has 4 heteroatoms. The Balaban J connectivity index is 1.62. The minimum Gasteiger partial charge on any atom is -0.489 e. The number of anilines is 2. The Morgan fingerprint density at radius 2 is 1.61 bits per heavy atom. The average molecular weight is 308 g/mol. The molecule has 0 aromatic heterocycles. The van der Waals surface area contributed by atoms with Gasteiger partial charge in [0.1, 0.15) is 23.9 Å². The number of allylic oxidation sites excluding steroid dienone is 2. The van der Waals surface area contributed by atoms with Gasteiger partial charge in [0.05, 0.1) is 0 Å². The summed E-state index contributed by atoms with van der Waals surface area (Å²) in [6.45, 7) is 0.493. The summed E-state index contributed by atoms with van der Waals surface area (Å²) in [4.78, 5) is 0. The fourth-order valence-corrected chi connectivity index (χ4v) is 2.42. The van der Waals surface area contributed by atoms with Crippen molar-refractivity contribution in [3.63, 3.8) is 0 Å². The molecular weight excluding hydrogens is 288 g/mol. The number of ether oxygens (including phenoxy) is 2. The molecule has 0 saturated carbocycles. The molecule has 3 rings (SSSR count). The lowest BCUT2D eigenvalue weighted by Crippen LogP contribution is -2.06. The highest BCUT2D eigenvalue weighted by atomic mass is 16.5. The molecular formula is C19H20N2O2. The van der Waals surface area contributed by atoms with Crippen LogP contribution in [0.5, 0.6) is 11.5 Å². The molecule has 1 aliphatic carbocycles. The van der Waals surface area contributed by atoms with Crippen LogP contribution < -0.4 is 20.9 Å². The maximum Gasteiger partial charge on any atom is 0.128 e. The second-order valence-electron chi connectivity index (χ2n) is 5.46. The molecule has 2 aromatic rings. The van der Waals surface area contributed by atoms with E-state index >= 15 is 0 Å². The molecule has 0 spiro atoms. The van der Waals surface area contributed by atoms with Gasteiger partial charge in [0.25, 0.3) is 0 Å². The van der Waals surface area contributed by atoms with E-state index in [9.17, 15) is 0 Å². The van der Waals surface area contributed by atoms with Crippen LogP contribution in [0.4, 0.5) is 11.4 Å². The summed E-state index contributed by atoms with van der Waals surface area (Å²) in [5.74, 6) is 2.45. The summed E-state index contributed by atoms with van der Waals surface area (Å²) >= 11 is 0. The lowest BCUT2D eigenvalue weighted by molar-refractivity contribution is 0.349. The summed E-state index contributed by atoms with van der Waals surface area (Å²) in [5, 5.41) is 0. The SMILES string of the molecule is Nc1cccc(OCC2=CCCC(Oc3cccc(N)c3)=C2)c1. The van der Waals surface area contributed by atoms with E-state index in [2.05, 4.69) is 6.08 Å². The molecule has 0 unspecified atom stereocenters. The van der Waals surface area contributed by atoms with Crippen LogP contribution in [0, 0.1) is 0 Å². The maximum absolute atomic E-state index is 5.90. The molecule has 4 N–H and O–H groups in total. The summed E-state index contributed by atoms with van der Waals surface area (Å²) < 4.78 is 11.7. The average Bonchev–Trinajstić information content (AvgIpc) is 2.53. The Labute approximate surface area is 136 Å². The van der Waals surface area contributed by atoms with E-state index in [1.807, 2.05) is 54.6 Å². The van der Waals surface area contributed by atoms with Crippen LogP contribution in [0.2, 0.25) is 0 Å². The quantitative estimate of drug-likeness (QED) is 0.821. The first-order valence-corrected chi connectivity index (χ1v) is 7.60. The van der Waals surface area contributed by atoms with Gasteiger partial charge in [-0.2, -0.15) is 0 Å². The normalized spacial score (nSPS) is 13.9. The third-order valence-corrected chi connectivity index (χ3v) is 3.51. The molecule has 23 heavy (non-hydrogen) atoms. The van der Waals surface area contributed by atoms with Gasteiger partial charge < -0.3 is 20.9 Å². The Kier molecular flexibility index (Phi) is 4.52. The van der Waals surface area contributed by atoms with E-state index in [-0.39, 0.29) is 0 Å². The highest BCUT2D eigenvalue weighted by Gasteiger charge is 2.09. The standard InChI is InChI=1S/C19H20N2O2/c20-15-5-2-7-17(11-15)22-13-14-4-1-8-18(10-14)23-19-9-3-6-16(21)12-19/h2-7,9-12H,1,8,13,20-21H2. The van der Waals surface area contributed by atoms with E-state index in [0.717, 1.165) is 35.7 Å². The molecule has 0 amide bonds. The summed E-state index contributed by atoms with van der Waals surface area (Å²) in [6.07, 6.45) is 6.00. The van der Waals surface area contributed by atoms with Crippen LogP contribution in [0.25, 0.3) is 0 Å². The summed E-state index contributed by atoms with van der Waals surface area (Å²) in [5.41, 5.74) is 14.0. The molecule has 0 aliphatic heterocycles. The second-order valence-corrected chi connectivity index (χ2v) is 5.46. The van der Waals surface area contributed by atoms with Crippen molar-refractivity contribution in [3.05, 3.63) is 72.0 Å². The molecule has 0 saturated heterocycles. The van der Waals surface area contributed by atoms with Gasteiger partial charge in [0, 0.05) is 29.9 Å². The summed E-state index contributed by atoms with van der Waals surface area (Å²) in [7, 11) is 0. The molecule has 0 heterocycles. The number of benzene rings is 2. The van der Waals surface area contributed by atoms with Gasteiger partial charge in [0.2, 0.25) is 0 Å². The Morgan fingerprint density at radius 1 is 0.913 bits per heavy atom. The highest BCUT2D eigenvalue weighted by molar-refractivity contribution is 5.45. The number of rotatable bonds is 5. The minimum absolute atomic E-state index is 0.493. The van der Waals surface area contributed by atoms with Crippen LogP contribution in [0.3, 0.4) is 0 Å². The van der Waals surface area contributed by atoms with Crippen LogP contribution in [-0.2, 0) is 0 Å². The van der Waals surface area contributed by atoms with Crippen LogP contribution in [0.1, 0.15) is 12.8 Å². The summed E-state index contributed by atoms with van der Waals surface area (Å²) in [6, 6.07) is 14.9. The molecule has 0 fully saturated rings.